The summed E-state index contributed by atoms with van der Waals surface area (Å²) in [5.74, 6) is -4.22. The van der Waals surface area contributed by atoms with Crippen LogP contribution in [0.2, 0.25) is 0 Å². The zero-order valence-corrected chi connectivity index (χ0v) is 66.9. The third-order valence-electron chi connectivity index (χ3n) is 21.7. The van der Waals surface area contributed by atoms with Crippen molar-refractivity contribution in [3.8, 4) is 0 Å². The molecule has 3 unspecified atom stereocenters. The van der Waals surface area contributed by atoms with E-state index in [0.29, 0.717) is 25.7 Å². The molecule has 0 bridgehead atoms. The molecule has 0 radical (unpaired) electrons. The van der Waals surface area contributed by atoms with Crippen LogP contribution in [0.3, 0.4) is 0 Å². The van der Waals surface area contributed by atoms with Crippen molar-refractivity contribution in [2.24, 2.45) is 17.3 Å². The summed E-state index contributed by atoms with van der Waals surface area (Å²) in [5, 5.41) is 21.5. The zero-order valence-electron chi connectivity index (χ0n) is 66.1. The van der Waals surface area contributed by atoms with Crippen molar-refractivity contribution in [1.82, 2.24) is 0 Å². The van der Waals surface area contributed by atoms with E-state index in [0.717, 1.165) is 25.7 Å². The van der Waals surface area contributed by atoms with E-state index >= 15 is 0 Å². The van der Waals surface area contributed by atoms with E-state index in [1.165, 1.54) is 370 Å². The van der Waals surface area contributed by atoms with Crippen LogP contribution < -0.4 is 10.2 Å². The molecule has 94 heavy (non-hydrogen) atoms. The number of nitrogens with zero attached hydrogens (tertiary/aromatic N) is 2. The number of hydrogen-bond acceptors (Lipinski definition) is 6. The summed E-state index contributed by atoms with van der Waals surface area (Å²) in [6, 6.07) is 0. The minimum absolute atomic E-state index is 0.174. The van der Waals surface area contributed by atoms with E-state index in [1.54, 1.807) is 0 Å². The van der Waals surface area contributed by atoms with Crippen molar-refractivity contribution < 1.29 is 41.7 Å². The van der Waals surface area contributed by atoms with Crippen molar-refractivity contribution in [2.75, 3.05) is 52.4 Å². The Bertz CT molecular complexity index is 1450. The minimum atomic E-state index is -5.20. The molecule has 0 saturated heterocycles. The number of aliphatic carboxylic acids is 2. The third-order valence-corrected chi connectivity index (χ3v) is 22.9. The van der Waals surface area contributed by atoms with Crippen molar-refractivity contribution in [3.63, 3.8) is 0 Å². The summed E-state index contributed by atoms with van der Waals surface area (Å²) in [7, 11) is -5.20. The molecule has 9 nitrogen and oxygen atoms in total. The SMILES string of the molecule is CCCCC(CC)CC(CC(CC)CCCC)(C(=O)[O-])C(C(=O)[O-])S(=O)(=O)O.CCCCCCCC[N+](CCCCCCCC)(CCCCCCCC)CCCCCCCC.CCCCCCCC[N+](CCCCCCCC)(CCCCCCCC)CCCCCCCC. The fourth-order valence-corrected chi connectivity index (χ4v) is 16.4. The zero-order chi connectivity index (χ0) is 70.6. The predicted molar refractivity (Wildman–Crippen MR) is 410 cm³/mol. The Morgan fingerprint density at radius 1 is 0.298 bits per heavy atom. The van der Waals surface area contributed by atoms with Gasteiger partial charge in [0.15, 0.2) is 0 Å². The van der Waals surface area contributed by atoms with Gasteiger partial charge >= 0.3 is 0 Å². The number of carboxylic acids is 2. The average molecular weight is 1350 g/mol. The quantitative estimate of drug-likeness (QED) is 0.0364. The molecule has 0 saturated carbocycles. The summed E-state index contributed by atoms with van der Waals surface area (Å²) in [6.45, 7) is 38.2. The highest BCUT2D eigenvalue weighted by atomic mass is 32.2. The van der Waals surface area contributed by atoms with Gasteiger partial charge < -0.3 is 28.8 Å². The number of carbonyl (C=O) groups excluding carboxylic acids is 2. The van der Waals surface area contributed by atoms with E-state index in [9.17, 15) is 32.8 Å². The molecule has 0 aliphatic carbocycles. The fraction of sp³-hybridized carbons (Fsp3) is 0.976. The third kappa shape index (κ3) is 55.5. The van der Waals surface area contributed by atoms with Crippen molar-refractivity contribution >= 4 is 22.1 Å². The maximum absolute atomic E-state index is 12.3. The van der Waals surface area contributed by atoms with Crippen LogP contribution in [0.25, 0.3) is 0 Å². The van der Waals surface area contributed by atoms with Gasteiger partial charge in [0.05, 0.1) is 58.3 Å². The summed E-state index contributed by atoms with van der Waals surface area (Å²) < 4.78 is 36.4. The molecule has 0 heterocycles. The number of hydrogen-bond donors (Lipinski definition) is 1. The van der Waals surface area contributed by atoms with E-state index in [1.807, 2.05) is 27.7 Å². The summed E-state index contributed by atoms with van der Waals surface area (Å²) in [5.41, 5.74) is -2.23. The lowest BCUT2D eigenvalue weighted by Gasteiger charge is -2.44. The lowest BCUT2D eigenvalue weighted by molar-refractivity contribution is -0.929. The highest BCUT2D eigenvalue weighted by Crippen LogP contribution is 2.44. The Hall–Kier alpha value is -1.23. The Balaban J connectivity index is -0.00000133. The fourth-order valence-electron chi connectivity index (χ4n) is 15.3. The second kappa shape index (κ2) is 70.2. The van der Waals surface area contributed by atoms with E-state index < -0.39 is 32.7 Å². The molecule has 1 N–H and O–H groups in total. The molecule has 0 rings (SSSR count). The summed E-state index contributed by atoms with van der Waals surface area (Å²) in [6.07, 6.45) is 75.0. The molecule has 0 fully saturated rings. The molecule has 0 spiro atoms. The van der Waals surface area contributed by atoms with E-state index in [2.05, 4.69) is 55.4 Å². The molecule has 0 aromatic rings. The maximum Gasteiger partial charge on any atom is 0.274 e. The highest BCUT2D eigenvalue weighted by Gasteiger charge is 2.50. The molecule has 3 atom stereocenters. The first-order valence-corrected chi connectivity index (χ1v) is 44.1. The first kappa shape index (κ1) is 96.9. The van der Waals surface area contributed by atoms with Gasteiger partial charge in [0.1, 0.15) is 5.25 Å². The number of unbranched alkanes of at least 4 members (excludes halogenated alkanes) is 42. The van der Waals surface area contributed by atoms with Gasteiger partial charge in [-0.25, -0.2) is 0 Å². The van der Waals surface area contributed by atoms with Gasteiger partial charge in [-0.15, -0.1) is 0 Å². The van der Waals surface area contributed by atoms with Gasteiger partial charge in [-0.1, -0.05) is 340 Å². The normalized spacial score (nSPS) is 13.6. The molecule has 0 aliphatic rings. The lowest BCUT2D eigenvalue weighted by atomic mass is 9.68. The standard InChI is InChI=1S/2C32H68N.C20H38O7S/c2*1-5-9-13-17-21-25-29-33(30-26-22-18-14-10-6-2,31-27-23-19-15-11-7-3)32-28-24-20-16-12-8-4;1-5-9-11-15(7-3)13-20(19(23)24,14-16(8-4)12-10-6-2)17(18(21)22)28(25,26)27/h2*5-32H2,1-4H3;15-17H,5-14H2,1-4H3,(H,21,22)(H,23,24)(H,25,26,27)/q2*+1;/p-2. The van der Waals surface area contributed by atoms with Crippen LogP contribution in [0, 0.1) is 17.3 Å². The smallest absolute Gasteiger partial charge is 0.274 e. The molecule has 566 valence electrons. The highest BCUT2D eigenvalue weighted by molar-refractivity contribution is 7.87. The Labute approximate surface area is 591 Å². The second-order valence-corrected chi connectivity index (χ2v) is 32.0. The lowest BCUT2D eigenvalue weighted by Crippen LogP contribution is -2.60. The molecule has 0 aromatic heterocycles. The second-order valence-electron chi connectivity index (χ2n) is 30.5. The van der Waals surface area contributed by atoms with E-state index in [-0.39, 0.29) is 24.7 Å². The first-order chi connectivity index (χ1) is 45.5. The van der Waals surface area contributed by atoms with Gasteiger partial charge in [-0.3, -0.25) is 4.55 Å². The van der Waals surface area contributed by atoms with Crippen LogP contribution in [0.4, 0.5) is 0 Å². The van der Waals surface area contributed by atoms with Crippen LogP contribution in [0.15, 0.2) is 0 Å². The van der Waals surface area contributed by atoms with Gasteiger partial charge in [0, 0.05) is 11.4 Å². The van der Waals surface area contributed by atoms with Crippen molar-refractivity contribution in [2.45, 2.75) is 461 Å². The molecule has 0 aromatic carbocycles. The number of carbonyl (C=O) groups is 2. The molecular weight excluding hydrogens is 1180 g/mol. The molecular formula is C84H172N2O7S. The monoisotopic (exact) mass is 1350 g/mol. The van der Waals surface area contributed by atoms with Crippen molar-refractivity contribution in [3.05, 3.63) is 0 Å². The van der Waals surface area contributed by atoms with E-state index in [4.69, 9.17) is 0 Å². The van der Waals surface area contributed by atoms with Crippen LogP contribution in [-0.2, 0) is 19.7 Å². The van der Waals surface area contributed by atoms with Gasteiger partial charge in [-0.05, 0) is 127 Å². The topological polar surface area (TPSA) is 135 Å². The largest absolute Gasteiger partial charge is 0.549 e. The summed E-state index contributed by atoms with van der Waals surface area (Å²) in [4.78, 5) is 24.0. The minimum Gasteiger partial charge on any atom is -0.549 e. The Morgan fingerprint density at radius 2 is 0.468 bits per heavy atom. The van der Waals surface area contributed by atoms with Gasteiger partial charge in [-0.2, -0.15) is 8.42 Å². The maximum atomic E-state index is 12.3. The van der Waals surface area contributed by atoms with Gasteiger partial charge in [0.25, 0.3) is 10.1 Å². The predicted octanol–water partition coefficient (Wildman–Crippen LogP) is 24.4. The molecule has 10 heteroatoms. The van der Waals surface area contributed by atoms with Crippen LogP contribution in [0.1, 0.15) is 455 Å². The van der Waals surface area contributed by atoms with Gasteiger partial charge in [0.2, 0.25) is 0 Å². The Kier molecular flexibility index (Phi) is 72.4. The Morgan fingerprint density at radius 3 is 0.606 bits per heavy atom. The van der Waals surface area contributed by atoms with Crippen LogP contribution in [0.5, 0.6) is 0 Å². The average Bonchev–Trinajstić information content (AvgIpc) is 0.765. The van der Waals surface area contributed by atoms with Crippen molar-refractivity contribution in [1.29, 1.82) is 0 Å². The number of rotatable bonds is 72. The summed E-state index contributed by atoms with van der Waals surface area (Å²) >= 11 is 0. The number of quaternary nitrogens is 2. The first-order valence-electron chi connectivity index (χ1n) is 42.6. The molecule has 0 aliphatic heterocycles. The number of carboxylic acid groups (broad SMARTS) is 2. The molecule has 0 amide bonds. The van der Waals surface area contributed by atoms with Crippen LogP contribution >= 0.6 is 0 Å². The van der Waals surface area contributed by atoms with Crippen LogP contribution in [-0.4, -0.2) is 91.5 Å².